The monoisotopic (exact) mass is 454 g/mol. The second-order valence-corrected chi connectivity index (χ2v) is 8.85. The van der Waals surface area contributed by atoms with E-state index in [-0.39, 0.29) is 36.1 Å². The van der Waals surface area contributed by atoms with Crippen LogP contribution < -0.4 is 4.74 Å². The second kappa shape index (κ2) is 11.5. The summed E-state index contributed by atoms with van der Waals surface area (Å²) in [5.41, 5.74) is 1.56. The number of hydrogen-bond acceptors (Lipinski definition) is 5. The Kier molecular flexibility index (Phi) is 9.62. The van der Waals surface area contributed by atoms with Crippen LogP contribution in [0, 0.1) is 6.92 Å². The smallest absolute Gasteiger partial charge is 0.253 e. The van der Waals surface area contributed by atoms with Crippen molar-refractivity contribution in [1.82, 2.24) is 9.80 Å². The quantitative estimate of drug-likeness (QED) is 0.624. The third-order valence-electron chi connectivity index (χ3n) is 6.09. The van der Waals surface area contributed by atoms with E-state index in [4.69, 9.17) is 14.2 Å². The van der Waals surface area contributed by atoms with E-state index in [0.717, 1.165) is 62.4 Å². The summed E-state index contributed by atoms with van der Waals surface area (Å²) in [6.07, 6.45) is 1.96. The van der Waals surface area contributed by atoms with Gasteiger partial charge in [-0.15, -0.1) is 12.4 Å². The highest BCUT2D eigenvalue weighted by atomic mass is 35.5. The summed E-state index contributed by atoms with van der Waals surface area (Å²) in [5.74, 6) is 0.938. The Bertz CT molecular complexity index is 720. The molecule has 2 saturated heterocycles. The molecule has 31 heavy (non-hydrogen) atoms. The van der Waals surface area contributed by atoms with Gasteiger partial charge in [0.05, 0.1) is 24.4 Å². The topological polar surface area (TPSA) is 51.2 Å². The Labute approximate surface area is 193 Å². The predicted molar refractivity (Wildman–Crippen MR) is 126 cm³/mol. The summed E-state index contributed by atoms with van der Waals surface area (Å²) in [6.45, 7) is 15.9. The Morgan fingerprint density at radius 2 is 1.97 bits per heavy atom. The zero-order valence-electron chi connectivity index (χ0n) is 19.7. The van der Waals surface area contributed by atoms with Gasteiger partial charge < -0.3 is 19.1 Å². The summed E-state index contributed by atoms with van der Waals surface area (Å²) in [7, 11) is 0. The highest BCUT2D eigenvalue weighted by Crippen LogP contribution is 2.33. The number of piperidine rings is 1. The Morgan fingerprint density at radius 3 is 2.55 bits per heavy atom. The minimum atomic E-state index is -0.169. The summed E-state index contributed by atoms with van der Waals surface area (Å²) in [5, 5.41) is 0. The first kappa shape index (κ1) is 25.9. The molecule has 1 spiro atoms. The largest absolute Gasteiger partial charge is 0.491 e. The Morgan fingerprint density at radius 1 is 1.26 bits per heavy atom. The first-order chi connectivity index (χ1) is 14.4. The number of carbonyl (C=O) groups is 1. The maximum absolute atomic E-state index is 13.1. The lowest BCUT2D eigenvalue weighted by Crippen LogP contribution is -2.60. The molecule has 0 N–H and O–H groups in total. The molecule has 1 unspecified atom stereocenters. The van der Waals surface area contributed by atoms with E-state index in [1.165, 1.54) is 0 Å². The average molecular weight is 455 g/mol. The molecule has 2 aliphatic rings. The van der Waals surface area contributed by atoms with Gasteiger partial charge in [-0.25, -0.2) is 0 Å². The van der Waals surface area contributed by atoms with Gasteiger partial charge in [0, 0.05) is 38.3 Å². The number of likely N-dealkylation sites (tertiary alicyclic amines) is 1. The van der Waals surface area contributed by atoms with Crippen molar-refractivity contribution in [2.75, 3.05) is 45.9 Å². The number of likely N-dealkylation sites (N-methyl/N-ethyl adjacent to an activating group) is 1. The van der Waals surface area contributed by atoms with Gasteiger partial charge in [-0.1, -0.05) is 6.92 Å². The number of halogens is 1. The van der Waals surface area contributed by atoms with Crippen molar-refractivity contribution in [1.29, 1.82) is 0 Å². The normalized spacial score (nSPS) is 21.2. The maximum Gasteiger partial charge on any atom is 0.253 e. The van der Waals surface area contributed by atoms with E-state index in [1.54, 1.807) is 0 Å². The summed E-state index contributed by atoms with van der Waals surface area (Å²) in [6, 6.07) is 5.74. The first-order valence-corrected chi connectivity index (χ1v) is 11.4. The van der Waals surface area contributed by atoms with E-state index in [1.807, 2.05) is 50.8 Å². The molecule has 2 heterocycles. The van der Waals surface area contributed by atoms with Gasteiger partial charge in [0.25, 0.3) is 5.91 Å². The molecule has 0 aliphatic carbocycles. The van der Waals surface area contributed by atoms with Crippen molar-refractivity contribution in [2.24, 2.45) is 0 Å². The maximum atomic E-state index is 13.1. The van der Waals surface area contributed by atoms with Crippen molar-refractivity contribution < 1.29 is 19.0 Å². The predicted octanol–water partition coefficient (Wildman–Crippen LogP) is 3.94. The number of morpholine rings is 1. The van der Waals surface area contributed by atoms with Gasteiger partial charge in [-0.05, 0) is 70.8 Å². The summed E-state index contributed by atoms with van der Waals surface area (Å²) < 4.78 is 18.0. The van der Waals surface area contributed by atoms with Crippen molar-refractivity contribution >= 4 is 18.3 Å². The van der Waals surface area contributed by atoms with Crippen LogP contribution in [0.5, 0.6) is 5.75 Å². The molecule has 1 atom stereocenters. The van der Waals surface area contributed by atoms with Gasteiger partial charge in [-0.3, -0.25) is 9.69 Å². The minimum absolute atomic E-state index is 0. The molecule has 0 saturated carbocycles. The standard InChI is InChI=1S/C24H38N2O4.ClH/c1-6-25-15-21(16-28-7-2)30-24(17-25)10-12-26(13-11-24)23(27)20-8-9-22(19(5)14-20)29-18(3)4;/h8-9,14,18,21H,6-7,10-13,15-17H2,1-5H3;1H. The summed E-state index contributed by atoms with van der Waals surface area (Å²) in [4.78, 5) is 17.5. The minimum Gasteiger partial charge on any atom is -0.491 e. The number of hydrogen-bond donors (Lipinski definition) is 0. The molecule has 6 nitrogen and oxygen atoms in total. The van der Waals surface area contributed by atoms with Crippen LogP contribution in [0.2, 0.25) is 0 Å². The van der Waals surface area contributed by atoms with Gasteiger partial charge in [0.1, 0.15) is 5.75 Å². The zero-order valence-corrected chi connectivity index (χ0v) is 20.5. The Hall–Kier alpha value is -1.34. The van der Waals surface area contributed by atoms with E-state index in [2.05, 4.69) is 11.8 Å². The molecule has 2 aliphatic heterocycles. The molecule has 0 bridgehead atoms. The fourth-order valence-corrected chi connectivity index (χ4v) is 4.51. The van der Waals surface area contributed by atoms with Gasteiger partial charge in [0.2, 0.25) is 0 Å². The lowest BCUT2D eigenvalue weighted by molar-refractivity contribution is -0.186. The molecule has 176 valence electrons. The fourth-order valence-electron chi connectivity index (χ4n) is 4.51. The third kappa shape index (κ3) is 6.58. The number of ether oxygens (including phenoxy) is 3. The number of nitrogens with zero attached hydrogens (tertiary/aromatic N) is 2. The average Bonchev–Trinajstić information content (AvgIpc) is 2.73. The van der Waals surface area contributed by atoms with E-state index < -0.39 is 0 Å². The number of amides is 1. The molecule has 0 radical (unpaired) electrons. The van der Waals surface area contributed by atoms with Gasteiger partial charge >= 0.3 is 0 Å². The van der Waals surface area contributed by atoms with E-state index in [0.29, 0.717) is 13.2 Å². The molecule has 1 aromatic rings. The van der Waals surface area contributed by atoms with Crippen LogP contribution in [-0.2, 0) is 9.47 Å². The number of carbonyl (C=O) groups excluding carboxylic acids is 1. The molecule has 1 amide bonds. The van der Waals surface area contributed by atoms with Gasteiger partial charge in [0.15, 0.2) is 0 Å². The van der Waals surface area contributed by atoms with Crippen LogP contribution in [0.4, 0.5) is 0 Å². The molecule has 2 fully saturated rings. The van der Waals surface area contributed by atoms with Crippen LogP contribution in [0.25, 0.3) is 0 Å². The highest BCUT2D eigenvalue weighted by Gasteiger charge is 2.43. The molecular formula is C24H39ClN2O4. The number of benzene rings is 1. The second-order valence-electron chi connectivity index (χ2n) is 8.85. The first-order valence-electron chi connectivity index (χ1n) is 11.4. The third-order valence-corrected chi connectivity index (χ3v) is 6.09. The molecule has 7 heteroatoms. The molecule has 3 rings (SSSR count). The molecule has 1 aromatic carbocycles. The lowest BCUT2D eigenvalue weighted by Gasteiger charge is -2.50. The van der Waals surface area contributed by atoms with Crippen molar-refractivity contribution in [3.05, 3.63) is 29.3 Å². The molecular weight excluding hydrogens is 416 g/mol. The SMILES string of the molecule is CCOCC1CN(CC)CC2(CCN(C(=O)c3ccc(OC(C)C)c(C)c3)CC2)O1.Cl. The fraction of sp³-hybridized carbons (Fsp3) is 0.708. The Balaban J connectivity index is 0.00000341. The van der Waals surface area contributed by atoms with Crippen molar-refractivity contribution in [3.63, 3.8) is 0 Å². The van der Waals surface area contributed by atoms with Crippen molar-refractivity contribution in [3.8, 4) is 5.75 Å². The highest BCUT2D eigenvalue weighted by molar-refractivity contribution is 5.94. The number of aryl methyl sites for hydroxylation is 1. The van der Waals surface area contributed by atoms with Crippen LogP contribution in [-0.4, -0.2) is 79.5 Å². The summed E-state index contributed by atoms with van der Waals surface area (Å²) >= 11 is 0. The van der Waals surface area contributed by atoms with E-state index >= 15 is 0 Å². The van der Waals surface area contributed by atoms with Crippen LogP contribution in [0.3, 0.4) is 0 Å². The van der Waals surface area contributed by atoms with Crippen molar-refractivity contribution in [2.45, 2.75) is 65.3 Å². The zero-order chi connectivity index (χ0) is 21.7. The molecule has 0 aromatic heterocycles. The van der Waals surface area contributed by atoms with Crippen LogP contribution >= 0.6 is 12.4 Å². The lowest BCUT2D eigenvalue weighted by atomic mass is 9.88. The van der Waals surface area contributed by atoms with Crippen LogP contribution in [0.1, 0.15) is 56.5 Å². The van der Waals surface area contributed by atoms with Gasteiger partial charge in [-0.2, -0.15) is 0 Å². The van der Waals surface area contributed by atoms with Crippen LogP contribution in [0.15, 0.2) is 18.2 Å². The number of rotatable bonds is 7. The van der Waals surface area contributed by atoms with E-state index in [9.17, 15) is 4.79 Å².